The van der Waals surface area contributed by atoms with Crippen molar-refractivity contribution >= 4 is 29.7 Å². The van der Waals surface area contributed by atoms with Crippen LogP contribution in [0.4, 0.5) is 5.69 Å². The van der Waals surface area contributed by atoms with Crippen molar-refractivity contribution in [1.82, 2.24) is 5.43 Å². The number of hydrogen-bond donors (Lipinski definition) is 2. The summed E-state index contributed by atoms with van der Waals surface area (Å²) < 4.78 is 5.35. The predicted molar refractivity (Wildman–Crippen MR) is 123 cm³/mol. The molecule has 0 unspecified atom stereocenters. The smallest absolute Gasteiger partial charge is 0.343 e. The number of aryl methyl sites for hydroxylation is 3. The quantitative estimate of drug-likeness (QED) is 0.211. The summed E-state index contributed by atoms with van der Waals surface area (Å²) in [6, 6.07) is 19.3. The van der Waals surface area contributed by atoms with Crippen LogP contribution in [0.25, 0.3) is 0 Å². The van der Waals surface area contributed by atoms with Crippen molar-refractivity contribution in [2.24, 2.45) is 5.10 Å². The number of benzene rings is 3. The van der Waals surface area contributed by atoms with E-state index in [0.717, 1.165) is 16.7 Å². The standard InChI is InChI=1S/C25H23N3O4/c1-16-6-4-9-20(14-16)25(31)32-21-12-10-19(11-13-21)15-26-28-24(30)23(29)27-22-17(2)7-5-8-18(22)3/h4-15H,1-3H3,(H,27,29)(H,28,30). The van der Waals surface area contributed by atoms with Crippen LogP contribution in [0.1, 0.15) is 32.6 Å². The average Bonchev–Trinajstić information content (AvgIpc) is 2.77. The highest BCUT2D eigenvalue weighted by Crippen LogP contribution is 2.19. The molecule has 0 aliphatic heterocycles. The maximum absolute atomic E-state index is 12.2. The number of carbonyl (C=O) groups is 3. The van der Waals surface area contributed by atoms with E-state index in [1.807, 2.05) is 45.0 Å². The van der Waals surface area contributed by atoms with Crippen molar-refractivity contribution in [3.8, 4) is 5.75 Å². The Kier molecular flexibility index (Phi) is 7.13. The molecule has 0 aromatic heterocycles. The molecule has 7 heteroatoms. The van der Waals surface area contributed by atoms with Crippen molar-refractivity contribution < 1.29 is 19.1 Å². The molecule has 7 nitrogen and oxygen atoms in total. The molecule has 0 atom stereocenters. The van der Waals surface area contributed by atoms with Gasteiger partial charge in [0.25, 0.3) is 0 Å². The molecule has 3 aromatic carbocycles. The van der Waals surface area contributed by atoms with Crippen LogP contribution in [-0.4, -0.2) is 24.0 Å². The minimum Gasteiger partial charge on any atom is -0.423 e. The van der Waals surface area contributed by atoms with Crippen molar-refractivity contribution in [1.29, 1.82) is 0 Å². The molecule has 0 heterocycles. The number of ether oxygens (including phenoxy) is 1. The lowest BCUT2D eigenvalue weighted by Gasteiger charge is -2.10. The molecule has 0 fully saturated rings. The van der Waals surface area contributed by atoms with E-state index in [2.05, 4.69) is 15.8 Å². The Morgan fingerprint density at radius 1 is 0.844 bits per heavy atom. The Morgan fingerprint density at radius 3 is 2.16 bits per heavy atom. The minimum absolute atomic E-state index is 0.380. The molecule has 3 rings (SSSR count). The Balaban J connectivity index is 1.53. The predicted octanol–water partition coefficient (Wildman–Crippen LogP) is 3.92. The first-order valence-corrected chi connectivity index (χ1v) is 9.93. The van der Waals surface area contributed by atoms with E-state index < -0.39 is 17.8 Å². The second kappa shape index (κ2) is 10.2. The van der Waals surface area contributed by atoms with Gasteiger partial charge in [0.2, 0.25) is 0 Å². The Bertz CT molecular complexity index is 1160. The maximum Gasteiger partial charge on any atom is 0.343 e. The normalized spacial score (nSPS) is 10.6. The van der Waals surface area contributed by atoms with E-state index in [1.165, 1.54) is 6.21 Å². The monoisotopic (exact) mass is 429 g/mol. The summed E-state index contributed by atoms with van der Waals surface area (Å²) in [5.74, 6) is -1.76. The number of nitrogens with zero attached hydrogens (tertiary/aromatic N) is 1. The molecule has 0 bridgehead atoms. The summed E-state index contributed by atoms with van der Waals surface area (Å²) in [6.07, 6.45) is 1.39. The summed E-state index contributed by atoms with van der Waals surface area (Å²) in [4.78, 5) is 36.3. The van der Waals surface area contributed by atoms with Gasteiger partial charge < -0.3 is 10.1 Å². The molecule has 0 spiro atoms. The molecule has 0 aliphatic carbocycles. The maximum atomic E-state index is 12.2. The highest BCUT2D eigenvalue weighted by atomic mass is 16.5. The van der Waals surface area contributed by atoms with E-state index >= 15 is 0 Å². The van der Waals surface area contributed by atoms with Crippen molar-refractivity contribution in [3.63, 3.8) is 0 Å². The number of hydrogen-bond acceptors (Lipinski definition) is 5. The van der Waals surface area contributed by atoms with Gasteiger partial charge in [-0.25, -0.2) is 10.2 Å². The van der Waals surface area contributed by atoms with Gasteiger partial charge in [-0.15, -0.1) is 0 Å². The fourth-order valence-corrected chi connectivity index (χ4v) is 2.96. The van der Waals surface area contributed by atoms with Gasteiger partial charge in [-0.3, -0.25) is 9.59 Å². The SMILES string of the molecule is Cc1cccc(C(=O)Oc2ccc(C=NNC(=O)C(=O)Nc3c(C)cccc3C)cc2)c1. The van der Waals surface area contributed by atoms with Crippen molar-refractivity contribution in [2.45, 2.75) is 20.8 Å². The summed E-state index contributed by atoms with van der Waals surface area (Å²) in [7, 11) is 0. The lowest BCUT2D eigenvalue weighted by atomic mass is 10.1. The third-order valence-corrected chi connectivity index (χ3v) is 4.65. The first-order chi connectivity index (χ1) is 15.3. The Labute approximate surface area is 186 Å². The number of para-hydroxylation sites is 1. The lowest BCUT2D eigenvalue weighted by Crippen LogP contribution is -2.32. The van der Waals surface area contributed by atoms with Gasteiger partial charge in [0.05, 0.1) is 11.8 Å². The van der Waals surface area contributed by atoms with E-state index in [9.17, 15) is 14.4 Å². The van der Waals surface area contributed by atoms with Gasteiger partial charge >= 0.3 is 17.8 Å². The Hall–Kier alpha value is -4.26. The van der Waals surface area contributed by atoms with Crippen molar-refractivity contribution in [2.75, 3.05) is 5.32 Å². The molecular formula is C25H23N3O4. The van der Waals surface area contributed by atoms with Crippen LogP contribution >= 0.6 is 0 Å². The van der Waals surface area contributed by atoms with Gasteiger partial charge in [0, 0.05) is 5.69 Å². The third-order valence-electron chi connectivity index (χ3n) is 4.65. The van der Waals surface area contributed by atoms with Crippen LogP contribution in [0.15, 0.2) is 71.8 Å². The number of hydrazone groups is 1. The van der Waals surface area contributed by atoms with Crippen LogP contribution in [0, 0.1) is 20.8 Å². The summed E-state index contributed by atoms with van der Waals surface area (Å²) in [5, 5.41) is 6.40. The second-order valence-electron chi connectivity index (χ2n) is 7.25. The third kappa shape index (κ3) is 5.89. The molecule has 0 saturated carbocycles. The first kappa shape index (κ1) is 22.4. The van der Waals surface area contributed by atoms with Gasteiger partial charge in [-0.1, -0.05) is 35.9 Å². The number of amides is 2. The molecule has 2 amide bonds. The first-order valence-electron chi connectivity index (χ1n) is 9.93. The number of nitrogens with one attached hydrogen (secondary N) is 2. The zero-order valence-electron chi connectivity index (χ0n) is 18.0. The topological polar surface area (TPSA) is 96.9 Å². The highest BCUT2D eigenvalue weighted by Gasteiger charge is 2.15. The van der Waals surface area contributed by atoms with Gasteiger partial charge in [0.15, 0.2) is 0 Å². The number of carbonyl (C=O) groups excluding carboxylic acids is 3. The van der Waals surface area contributed by atoms with Gasteiger partial charge in [-0.05, 0) is 73.9 Å². The lowest BCUT2D eigenvalue weighted by molar-refractivity contribution is -0.136. The molecular weight excluding hydrogens is 406 g/mol. The molecule has 0 saturated heterocycles. The number of anilines is 1. The largest absolute Gasteiger partial charge is 0.423 e. The molecule has 32 heavy (non-hydrogen) atoms. The average molecular weight is 429 g/mol. The second-order valence-corrected chi connectivity index (χ2v) is 7.25. The summed E-state index contributed by atoms with van der Waals surface area (Å²) >= 11 is 0. The molecule has 3 aromatic rings. The van der Waals surface area contributed by atoms with Crippen LogP contribution in [-0.2, 0) is 9.59 Å². The Morgan fingerprint density at radius 2 is 1.50 bits per heavy atom. The summed E-state index contributed by atoms with van der Waals surface area (Å²) in [5.41, 5.74) is 6.61. The molecule has 0 aliphatic rings. The van der Waals surface area contributed by atoms with E-state index in [4.69, 9.17) is 4.74 Å². The van der Waals surface area contributed by atoms with Crippen LogP contribution < -0.4 is 15.5 Å². The zero-order chi connectivity index (χ0) is 23.1. The number of rotatable bonds is 5. The highest BCUT2D eigenvalue weighted by molar-refractivity contribution is 6.39. The van der Waals surface area contributed by atoms with E-state index in [0.29, 0.717) is 22.6 Å². The fourth-order valence-electron chi connectivity index (χ4n) is 2.96. The summed E-state index contributed by atoms with van der Waals surface area (Å²) in [6.45, 7) is 5.60. The van der Waals surface area contributed by atoms with Crippen LogP contribution in [0.3, 0.4) is 0 Å². The van der Waals surface area contributed by atoms with E-state index in [1.54, 1.807) is 42.5 Å². The van der Waals surface area contributed by atoms with Crippen LogP contribution in [0.2, 0.25) is 0 Å². The van der Waals surface area contributed by atoms with Crippen LogP contribution in [0.5, 0.6) is 5.75 Å². The van der Waals surface area contributed by atoms with Gasteiger partial charge in [0.1, 0.15) is 5.75 Å². The van der Waals surface area contributed by atoms with Crippen molar-refractivity contribution in [3.05, 3.63) is 94.5 Å². The molecule has 162 valence electrons. The molecule has 2 N–H and O–H groups in total. The van der Waals surface area contributed by atoms with E-state index in [-0.39, 0.29) is 0 Å². The minimum atomic E-state index is -0.882. The fraction of sp³-hybridized carbons (Fsp3) is 0.120. The zero-order valence-corrected chi connectivity index (χ0v) is 18.0. The number of esters is 1. The molecule has 0 radical (unpaired) electrons. The van der Waals surface area contributed by atoms with Gasteiger partial charge in [-0.2, -0.15) is 5.10 Å².